The van der Waals surface area contributed by atoms with Crippen molar-refractivity contribution in [3.05, 3.63) is 76.6 Å². The van der Waals surface area contributed by atoms with Crippen LogP contribution in [0.5, 0.6) is 0 Å². The molecular formula is C17H14ClNO2. The molecule has 0 aliphatic heterocycles. The van der Waals surface area contributed by atoms with Gasteiger partial charge in [-0.25, -0.2) is 9.78 Å². The molecule has 1 aromatic carbocycles. The highest BCUT2D eigenvalue weighted by atomic mass is 35.5. The number of ether oxygens (including phenoxy) is 1. The van der Waals surface area contributed by atoms with E-state index in [0.29, 0.717) is 10.7 Å². The van der Waals surface area contributed by atoms with E-state index in [1.807, 2.05) is 42.5 Å². The first-order valence-corrected chi connectivity index (χ1v) is 6.71. The molecule has 1 heterocycles. The standard InChI is InChI=1S/C17H14ClNO2/c1-21-17(20)15-9-6-13(7-10-15)4-2-3-5-14-8-11-16(18)19-12-14/h2-12H,1H3. The first kappa shape index (κ1) is 15.0. The van der Waals surface area contributed by atoms with Crippen LogP contribution in [0.1, 0.15) is 21.5 Å². The summed E-state index contributed by atoms with van der Waals surface area (Å²) in [5.74, 6) is -0.333. The van der Waals surface area contributed by atoms with E-state index in [2.05, 4.69) is 9.72 Å². The molecular weight excluding hydrogens is 286 g/mol. The van der Waals surface area contributed by atoms with E-state index in [1.165, 1.54) is 7.11 Å². The highest BCUT2D eigenvalue weighted by Crippen LogP contribution is 2.09. The van der Waals surface area contributed by atoms with Crippen LogP contribution in [0.25, 0.3) is 12.2 Å². The summed E-state index contributed by atoms with van der Waals surface area (Å²) in [4.78, 5) is 15.3. The molecule has 4 heteroatoms. The Kier molecular flexibility index (Phi) is 5.29. The van der Waals surface area contributed by atoms with E-state index >= 15 is 0 Å². The number of methoxy groups -OCH3 is 1. The maximum atomic E-state index is 11.3. The predicted octanol–water partition coefficient (Wildman–Crippen LogP) is 4.25. The molecule has 21 heavy (non-hydrogen) atoms. The highest BCUT2D eigenvalue weighted by Gasteiger charge is 2.02. The van der Waals surface area contributed by atoms with Crippen LogP contribution in [0.15, 0.2) is 54.7 Å². The lowest BCUT2D eigenvalue weighted by Gasteiger charge is -1.98. The average molecular weight is 300 g/mol. The maximum Gasteiger partial charge on any atom is 0.337 e. The lowest BCUT2D eigenvalue weighted by molar-refractivity contribution is 0.0601. The number of esters is 1. The van der Waals surface area contributed by atoms with Gasteiger partial charge in [0.2, 0.25) is 0 Å². The molecule has 0 amide bonds. The molecule has 0 unspecified atom stereocenters. The van der Waals surface area contributed by atoms with Crippen molar-refractivity contribution in [1.29, 1.82) is 0 Å². The second kappa shape index (κ2) is 7.41. The third-order valence-electron chi connectivity index (χ3n) is 2.77. The lowest BCUT2D eigenvalue weighted by atomic mass is 10.1. The van der Waals surface area contributed by atoms with Gasteiger partial charge in [0.15, 0.2) is 0 Å². The third-order valence-corrected chi connectivity index (χ3v) is 2.99. The Labute approximate surface area is 128 Å². The van der Waals surface area contributed by atoms with Gasteiger partial charge in [0, 0.05) is 6.20 Å². The predicted molar refractivity (Wildman–Crippen MR) is 85.1 cm³/mol. The van der Waals surface area contributed by atoms with E-state index in [9.17, 15) is 4.79 Å². The normalized spacial score (nSPS) is 11.1. The number of halogens is 1. The summed E-state index contributed by atoms with van der Waals surface area (Å²) in [7, 11) is 1.37. The number of allylic oxidation sites excluding steroid dienone is 2. The van der Waals surface area contributed by atoms with Crippen molar-refractivity contribution >= 4 is 29.7 Å². The van der Waals surface area contributed by atoms with Crippen LogP contribution < -0.4 is 0 Å². The molecule has 0 spiro atoms. The smallest absolute Gasteiger partial charge is 0.337 e. The summed E-state index contributed by atoms with van der Waals surface area (Å²) in [5, 5.41) is 0.480. The average Bonchev–Trinajstić information content (AvgIpc) is 2.53. The van der Waals surface area contributed by atoms with Crippen molar-refractivity contribution in [2.75, 3.05) is 7.11 Å². The number of hydrogen-bond acceptors (Lipinski definition) is 3. The molecule has 0 saturated heterocycles. The van der Waals surface area contributed by atoms with Gasteiger partial charge in [-0.05, 0) is 29.3 Å². The van der Waals surface area contributed by atoms with Crippen molar-refractivity contribution in [1.82, 2.24) is 4.98 Å². The molecule has 2 rings (SSSR count). The number of carbonyl (C=O) groups is 1. The second-order valence-electron chi connectivity index (χ2n) is 4.25. The minimum absolute atomic E-state index is 0.333. The van der Waals surface area contributed by atoms with Gasteiger partial charge in [-0.3, -0.25) is 0 Å². The van der Waals surface area contributed by atoms with Gasteiger partial charge in [-0.2, -0.15) is 0 Å². The van der Waals surface area contributed by atoms with E-state index in [4.69, 9.17) is 11.6 Å². The van der Waals surface area contributed by atoms with Crippen molar-refractivity contribution in [2.45, 2.75) is 0 Å². The topological polar surface area (TPSA) is 39.2 Å². The molecule has 0 aliphatic rings. The Hall–Kier alpha value is -2.39. The molecule has 106 valence electrons. The van der Waals surface area contributed by atoms with Gasteiger partial charge in [0.25, 0.3) is 0 Å². The molecule has 0 bridgehead atoms. The monoisotopic (exact) mass is 299 g/mol. The van der Waals surface area contributed by atoms with E-state index in [-0.39, 0.29) is 5.97 Å². The van der Waals surface area contributed by atoms with E-state index in [1.54, 1.807) is 24.4 Å². The van der Waals surface area contributed by atoms with Crippen LogP contribution in [0.3, 0.4) is 0 Å². The quantitative estimate of drug-likeness (QED) is 0.481. The number of nitrogens with zero attached hydrogens (tertiary/aromatic N) is 1. The zero-order chi connectivity index (χ0) is 15.1. The van der Waals surface area contributed by atoms with Crippen molar-refractivity contribution in [2.24, 2.45) is 0 Å². The fourth-order valence-electron chi connectivity index (χ4n) is 1.67. The zero-order valence-electron chi connectivity index (χ0n) is 11.5. The maximum absolute atomic E-state index is 11.3. The number of hydrogen-bond donors (Lipinski definition) is 0. The first-order valence-electron chi connectivity index (χ1n) is 6.34. The van der Waals surface area contributed by atoms with Gasteiger partial charge < -0.3 is 4.74 Å². The number of carbonyl (C=O) groups excluding carboxylic acids is 1. The first-order chi connectivity index (χ1) is 10.2. The number of aromatic nitrogens is 1. The summed E-state index contributed by atoms with van der Waals surface area (Å²) in [6.45, 7) is 0. The summed E-state index contributed by atoms with van der Waals surface area (Å²) in [6.07, 6.45) is 9.42. The van der Waals surface area contributed by atoms with Gasteiger partial charge in [-0.15, -0.1) is 0 Å². The Morgan fingerprint density at radius 2 is 1.67 bits per heavy atom. The second-order valence-corrected chi connectivity index (χ2v) is 4.63. The Balaban J connectivity index is 1.98. The van der Waals surface area contributed by atoms with Crippen LogP contribution in [0.2, 0.25) is 5.15 Å². The van der Waals surface area contributed by atoms with E-state index in [0.717, 1.165) is 11.1 Å². The highest BCUT2D eigenvalue weighted by molar-refractivity contribution is 6.29. The fourth-order valence-corrected chi connectivity index (χ4v) is 1.78. The Bertz CT molecular complexity index is 658. The van der Waals surface area contributed by atoms with Gasteiger partial charge in [0.05, 0.1) is 12.7 Å². The Morgan fingerprint density at radius 1 is 1.05 bits per heavy atom. The van der Waals surface area contributed by atoms with Gasteiger partial charge in [0.1, 0.15) is 5.15 Å². The molecule has 2 aromatic rings. The molecule has 0 fully saturated rings. The SMILES string of the molecule is COC(=O)c1ccc(C=CC=Cc2ccc(Cl)nc2)cc1. The number of pyridine rings is 1. The van der Waals surface area contributed by atoms with Crippen LogP contribution in [0, 0.1) is 0 Å². The molecule has 0 N–H and O–H groups in total. The van der Waals surface area contributed by atoms with Crippen LogP contribution >= 0.6 is 11.6 Å². The fraction of sp³-hybridized carbons (Fsp3) is 0.0588. The lowest BCUT2D eigenvalue weighted by Crippen LogP contribution is -2.00. The third kappa shape index (κ3) is 4.58. The summed E-state index contributed by atoms with van der Waals surface area (Å²) in [5.41, 5.74) is 2.52. The zero-order valence-corrected chi connectivity index (χ0v) is 12.2. The van der Waals surface area contributed by atoms with Crippen molar-refractivity contribution in [3.63, 3.8) is 0 Å². The molecule has 0 atom stereocenters. The van der Waals surface area contributed by atoms with E-state index < -0.39 is 0 Å². The van der Waals surface area contributed by atoms with Gasteiger partial charge in [-0.1, -0.05) is 54.1 Å². The number of rotatable bonds is 4. The summed E-state index contributed by atoms with van der Waals surface area (Å²) >= 11 is 5.72. The van der Waals surface area contributed by atoms with Crippen molar-refractivity contribution < 1.29 is 9.53 Å². The van der Waals surface area contributed by atoms with Crippen LogP contribution in [-0.4, -0.2) is 18.1 Å². The molecule has 0 radical (unpaired) electrons. The van der Waals surface area contributed by atoms with Crippen LogP contribution in [-0.2, 0) is 4.74 Å². The van der Waals surface area contributed by atoms with Crippen LogP contribution in [0.4, 0.5) is 0 Å². The Morgan fingerprint density at radius 3 is 2.24 bits per heavy atom. The molecule has 0 saturated carbocycles. The summed E-state index contributed by atoms with van der Waals surface area (Å²) < 4.78 is 4.65. The molecule has 0 aliphatic carbocycles. The minimum Gasteiger partial charge on any atom is -0.465 e. The molecule has 3 nitrogen and oxygen atoms in total. The molecule has 1 aromatic heterocycles. The largest absolute Gasteiger partial charge is 0.465 e. The summed E-state index contributed by atoms with van der Waals surface area (Å²) in [6, 6.07) is 10.8. The van der Waals surface area contributed by atoms with Gasteiger partial charge >= 0.3 is 5.97 Å². The van der Waals surface area contributed by atoms with Crippen molar-refractivity contribution in [3.8, 4) is 0 Å². The number of benzene rings is 1. The minimum atomic E-state index is -0.333.